The van der Waals surface area contributed by atoms with Crippen LogP contribution in [0.5, 0.6) is 5.75 Å². The standard InChI is InChI=1S/C14H12N2O5/c1-9-3-2-4-10(15-9)8-21-13-6-5-11(16(19)20)7-12(13)14(17)18/h2-7H,8H2,1H3,(H,17,18). The Hall–Kier alpha value is -2.96. The smallest absolute Gasteiger partial charge is 0.339 e. The highest BCUT2D eigenvalue weighted by Gasteiger charge is 2.17. The molecule has 0 fully saturated rings. The third-order valence-corrected chi connectivity index (χ3v) is 2.73. The quantitative estimate of drug-likeness (QED) is 0.670. The number of rotatable bonds is 5. The number of nitrogens with zero attached hydrogens (tertiary/aromatic N) is 2. The number of pyridine rings is 1. The molecule has 7 nitrogen and oxygen atoms in total. The summed E-state index contributed by atoms with van der Waals surface area (Å²) >= 11 is 0. The van der Waals surface area contributed by atoms with Gasteiger partial charge in [-0.25, -0.2) is 4.79 Å². The lowest BCUT2D eigenvalue weighted by Crippen LogP contribution is -2.05. The lowest BCUT2D eigenvalue weighted by Gasteiger charge is -2.09. The number of hydrogen-bond donors (Lipinski definition) is 1. The van der Waals surface area contributed by atoms with Crippen LogP contribution in [0.1, 0.15) is 21.7 Å². The second-order valence-corrected chi connectivity index (χ2v) is 4.30. The Labute approximate surface area is 120 Å². The van der Waals surface area contributed by atoms with Gasteiger partial charge in [0.15, 0.2) is 0 Å². The number of carbonyl (C=O) groups is 1. The molecule has 108 valence electrons. The fourth-order valence-electron chi connectivity index (χ4n) is 1.76. The van der Waals surface area contributed by atoms with Crippen LogP contribution in [0.2, 0.25) is 0 Å². The molecule has 0 amide bonds. The molecule has 0 spiro atoms. The van der Waals surface area contributed by atoms with Crippen molar-refractivity contribution in [2.24, 2.45) is 0 Å². The molecule has 0 saturated heterocycles. The molecule has 1 aromatic heterocycles. The van der Waals surface area contributed by atoms with Gasteiger partial charge in [0.1, 0.15) is 17.9 Å². The second-order valence-electron chi connectivity index (χ2n) is 4.30. The third-order valence-electron chi connectivity index (χ3n) is 2.73. The van der Waals surface area contributed by atoms with Crippen LogP contribution in [-0.2, 0) is 6.61 Å². The molecule has 21 heavy (non-hydrogen) atoms. The zero-order valence-electron chi connectivity index (χ0n) is 11.1. The summed E-state index contributed by atoms with van der Waals surface area (Å²) < 4.78 is 5.41. The number of nitro groups is 1. The van der Waals surface area contributed by atoms with Crippen molar-refractivity contribution in [3.05, 3.63) is 63.5 Å². The van der Waals surface area contributed by atoms with E-state index >= 15 is 0 Å². The third kappa shape index (κ3) is 3.53. The van der Waals surface area contributed by atoms with E-state index in [4.69, 9.17) is 9.84 Å². The molecule has 0 radical (unpaired) electrons. The number of carboxylic acid groups (broad SMARTS) is 1. The van der Waals surface area contributed by atoms with Gasteiger partial charge in [0.25, 0.3) is 5.69 Å². The van der Waals surface area contributed by atoms with E-state index in [0.29, 0.717) is 5.69 Å². The van der Waals surface area contributed by atoms with Gasteiger partial charge >= 0.3 is 5.97 Å². The molecule has 0 bridgehead atoms. The topological polar surface area (TPSA) is 103 Å². The van der Waals surface area contributed by atoms with E-state index in [1.54, 1.807) is 6.07 Å². The molecule has 1 aromatic carbocycles. The summed E-state index contributed by atoms with van der Waals surface area (Å²) in [4.78, 5) is 25.4. The monoisotopic (exact) mass is 288 g/mol. The molecule has 7 heteroatoms. The summed E-state index contributed by atoms with van der Waals surface area (Å²) in [5.41, 5.74) is 0.910. The Morgan fingerprint density at radius 3 is 2.76 bits per heavy atom. The predicted molar refractivity (Wildman–Crippen MR) is 73.4 cm³/mol. The molecule has 0 aliphatic rings. The van der Waals surface area contributed by atoms with Crippen LogP contribution < -0.4 is 4.74 Å². The molecule has 2 rings (SSSR count). The van der Waals surface area contributed by atoms with Crippen molar-refractivity contribution in [3.8, 4) is 5.75 Å². The summed E-state index contributed by atoms with van der Waals surface area (Å²) in [6.45, 7) is 1.91. The first kappa shape index (κ1) is 14.4. The summed E-state index contributed by atoms with van der Waals surface area (Å²) in [6.07, 6.45) is 0. The number of aromatic carboxylic acids is 1. The van der Waals surface area contributed by atoms with Crippen molar-refractivity contribution >= 4 is 11.7 Å². The Kier molecular flexibility index (Phi) is 4.13. The zero-order chi connectivity index (χ0) is 15.4. The van der Waals surface area contributed by atoms with Crippen LogP contribution in [0.4, 0.5) is 5.69 Å². The van der Waals surface area contributed by atoms with Gasteiger partial charge in [-0.1, -0.05) is 6.07 Å². The number of nitro benzene ring substituents is 1. The van der Waals surface area contributed by atoms with Gasteiger partial charge in [-0.05, 0) is 25.1 Å². The molecule has 0 atom stereocenters. The predicted octanol–water partition coefficient (Wildman–Crippen LogP) is 2.58. The SMILES string of the molecule is Cc1cccc(COc2ccc([N+](=O)[O-])cc2C(=O)O)n1. The molecule has 0 saturated carbocycles. The maximum atomic E-state index is 11.1. The van der Waals surface area contributed by atoms with Crippen molar-refractivity contribution < 1.29 is 19.6 Å². The van der Waals surface area contributed by atoms with Crippen LogP contribution in [0.3, 0.4) is 0 Å². The highest BCUT2D eigenvalue weighted by molar-refractivity contribution is 5.91. The molecule has 0 aliphatic carbocycles. The van der Waals surface area contributed by atoms with Gasteiger partial charge in [-0.15, -0.1) is 0 Å². The van der Waals surface area contributed by atoms with E-state index in [-0.39, 0.29) is 23.6 Å². The van der Waals surface area contributed by atoms with E-state index in [0.717, 1.165) is 11.8 Å². The minimum atomic E-state index is -1.29. The van der Waals surface area contributed by atoms with Crippen molar-refractivity contribution in [2.75, 3.05) is 0 Å². The van der Waals surface area contributed by atoms with E-state index in [1.165, 1.54) is 12.1 Å². The van der Waals surface area contributed by atoms with Crippen molar-refractivity contribution in [1.29, 1.82) is 0 Å². The number of ether oxygens (including phenoxy) is 1. The fourth-order valence-corrected chi connectivity index (χ4v) is 1.76. The number of aromatic nitrogens is 1. The van der Waals surface area contributed by atoms with Crippen molar-refractivity contribution in [1.82, 2.24) is 4.98 Å². The molecule has 0 aliphatic heterocycles. The average Bonchev–Trinajstić information content (AvgIpc) is 2.44. The van der Waals surface area contributed by atoms with Gasteiger partial charge in [-0.3, -0.25) is 15.1 Å². The Balaban J connectivity index is 2.23. The van der Waals surface area contributed by atoms with E-state index in [2.05, 4.69) is 4.98 Å². The van der Waals surface area contributed by atoms with E-state index < -0.39 is 10.9 Å². The van der Waals surface area contributed by atoms with Gasteiger partial charge in [0, 0.05) is 17.8 Å². The molecule has 1 N–H and O–H groups in total. The zero-order valence-corrected chi connectivity index (χ0v) is 11.1. The van der Waals surface area contributed by atoms with Crippen LogP contribution in [0.25, 0.3) is 0 Å². The molecule has 2 aromatic rings. The minimum absolute atomic E-state index is 0.0661. The van der Waals surface area contributed by atoms with Crippen LogP contribution in [-0.4, -0.2) is 21.0 Å². The van der Waals surface area contributed by atoms with Gasteiger partial charge in [0.05, 0.1) is 10.6 Å². The maximum Gasteiger partial charge on any atom is 0.339 e. The molecular formula is C14H12N2O5. The Morgan fingerprint density at radius 1 is 1.38 bits per heavy atom. The van der Waals surface area contributed by atoms with E-state index in [1.807, 2.05) is 19.1 Å². The van der Waals surface area contributed by atoms with Crippen molar-refractivity contribution in [3.63, 3.8) is 0 Å². The number of carboxylic acids is 1. The first-order valence-corrected chi connectivity index (χ1v) is 6.04. The van der Waals surface area contributed by atoms with E-state index in [9.17, 15) is 14.9 Å². The molecular weight excluding hydrogens is 276 g/mol. The van der Waals surface area contributed by atoms with Crippen LogP contribution >= 0.6 is 0 Å². The summed E-state index contributed by atoms with van der Waals surface area (Å²) in [5.74, 6) is -1.22. The van der Waals surface area contributed by atoms with Gasteiger partial charge in [0.2, 0.25) is 0 Å². The number of benzene rings is 1. The number of aryl methyl sites for hydroxylation is 1. The average molecular weight is 288 g/mol. The Morgan fingerprint density at radius 2 is 2.14 bits per heavy atom. The second kappa shape index (κ2) is 6.00. The normalized spacial score (nSPS) is 10.1. The fraction of sp³-hybridized carbons (Fsp3) is 0.143. The van der Waals surface area contributed by atoms with Crippen molar-refractivity contribution in [2.45, 2.75) is 13.5 Å². The first-order chi connectivity index (χ1) is 9.97. The summed E-state index contributed by atoms with van der Waals surface area (Å²) in [5, 5.41) is 19.8. The highest BCUT2D eigenvalue weighted by Crippen LogP contribution is 2.25. The Bertz CT molecular complexity index is 700. The molecule has 1 heterocycles. The largest absolute Gasteiger partial charge is 0.486 e. The minimum Gasteiger partial charge on any atom is -0.486 e. The number of hydrogen-bond acceptors (Lipinski definition) is 5. The first-order valence-electron chi connectivity index (χ1n) is 6.04. The van der Waals surface area contributed by atoms with Crippen LogP contribution in [0.15, 0.2) is 36.4 Å². The maximum absolute atomic E-state index is 11.1. The summed E-state index contributed by atoms with van der Waals surface area (Å²) in [6, 6.07) is 8.84. The molecule has 0 unspecified atom stereocenters. The summed E-state index contributed by atoms with van der Waals surface area (Å²) in [7, 11) is 0. The lowest BCUT2D eigenvalue weighted by atomic mass is 10.2. The number of non-ortho nitro benzene ring substituents is 1. The lowest BCUT2D eigenvalue weighted by molar-refractivity contribution is -0.384. The van der Waals surface area contributed by atoms with Crippen LogP contribution in [0, 0.1) is 17.0 Å². The van der Waals surface area contributed by atoms with Gasteiger partial charge < -0.3 is 9.84 Å². The highest BCUT2D eigenvalue weighted by atomic mass is 16.6. The van der Waals surface area contributed by atoms with Gasteiger partial charge in [-0.2, -0.15) is 0 Å².